The van der Waals surface area contributed by atoms with Gasteiger partial charge in [-0.15, -0.1) is 0 Å². The summed E-state index contributed by atoms with van der Waals surface area (Å²) in [5.41, 5.74) is 0. The monoisotopic (exact) mass is 210 g/mol. The molecule has 1 heterocycles. The Hall–Kier alpha value is -0.570. The molecule has 1 aliphatic heterocycles. The minimum atomic E-state index is 0.0827. The van der Waals surface area contributed by atoms with Crippen molar-refractivity contribution in [1.82, 2.24) is 10.6 Å². The smallest absolute Gasteiger partial charge is 0.237 e. The normalized spacial score (nSPS) is 36.6. The van der Waals surface area contributed by atoms with Gasteiger partial charge < -0.3 is 10.6 Å². The maximum absolute atomic E-state index is 11.6. The van der Waals surface area contributed by atoms with E-state index in [0.717, 1.165) is 25.3 Å². The summed E-state index contributed by atoms with van der Waals surface area (Å²) in [5.74, 6) is 1.09. The van der Waals surface area contributed by atoms with Crippen LogP contribution < -0.4 is 10.6 Å². The van der Waals surface area contributed by atoms with E-state index in [0.29, 0.717) is 6.04 Å². The van der Waals surface area contributed by atoms with Gasteiger partial charge in [-0.1, -0.05) is 13.3 Å². The highest BCUT2D eigenvalue weighted by Gasteiger charge is 2.29. The molecule has 86 valence electrons. The standard InChI is InChI=1S/C12H22N2O/c1-2-9-5-6-10(8-9)14-11-4-3-7-13-12(11)15/h9-11,14H,2-8H2,1H3,(H,13,15). The number of carbonyl (C=O) groups excluding carboxylic acids is 1. The summed E-state index contributed by atoms with van der Waals surface area (Å²) in [5, 5.41) is 6.45. The van der Waals surface area contributed by atoms with Crippen molar-refractivity contribution in [2.45, 2.75) is 57.5 Å². The summed E-state index contributed by atoms with van der Waals surface area (Å²) < 4.78 is 0. The molecule has 0 aromatic heterocycles. The van der Waals surface area contributed by atoms with Gasteiger partial charge in [-0.05, 0) is 38.0 Å². The van der Waals surface area contributed by atoms with Gasteiger partial charge in [0.25, 0.3) is 0 Å². The quantitative estimate of drug-likeness (QED) is 0.740. The fourth-order valence-corrected chi connectivity index (χ4v) is 2.81. The molecule has 1 saturated heterocycles. The van der Waals surface area contributed by atoms with Gasteiger partial charge in [0, 0.05) is 12.6 Å². The molecule has 0 aromatic rings. The van der Waals surface area contributed by atoms with E-state index >= 15 is 0 Å². The summed E-state index contributed by atoms with van der Waals surface area (Å²) >= 11 is 0. The molecule has 3 heteroatoms. The van der Waals surface area contributed by atoms with Crippen molar-refractivity contribution in [2.75, 3.05) is 6.54 Å². The molecule has 2 rings (SSSR count). The van der Waals surface area contributed by atoms with E-state index in [1.807, 2.05) is 0 Å². The third-order valence-corrected chi connectivity index (χ3v) is 3.84. The van der Waals surface area contributed by atoms with Crippen LogP contribution in [0, 0.1) is 5.92 Å². The van der Waals surface area contributed by atoms with Gasteiger partial charge in [0.15, 0.2) is 0 Å². The van der Waals surface area contributed by atoms with Gasteiger partial charge in [-0.3, -0.25) is 4.79 Å². The first kappa shape index (κ1) is 10.9. The van der Waals surface area contributed by atoms with Crippen LogP contribution in [0.15, 0.2) is 0 Å². The molecular weight excluding hydrogens is 188 g/mol. The fraction of sp³-hybridized carbons (Fsp3) is 0.917. The topological polar surface area (TPSA) is 41.1 Å². The Kier molecular flexibility index (Phi) is 3.62. The van der Waals surface area contributed by atoms with Gasteiger partial charge in [0.1, 0.15) is 0 Å². The fourth-order valence-electron chi connectivity index (χ4n) is 2.81. The molecular formula is C12H22N2O. The molecule has 3 atom stereocenters. The second kappa shape index (κ2) is 4.97. The number of nitrogens with one attached hydrogen (secondary N) is 2. The molecule has 1 saturated carbocycles. The van der Waals surface area contributed by atoms with Crippen LogP contribution in [0.1, 0.15) is 45.4 Å². The van der Waals surface area contributed by atoms with E-state index in [2.05, 4.69) is 17.6 Å². The average molecular weight is 210 g/mol. The van der Waals surface area contributed by atoms with Crippen LogP contribution in [0.4, 0.5) is 0 Å². The van der Waals surface area contributed by atoms with Crippen LogP contribution in [0.5, 0.6) is 0 Å². The Morgan fingerprint density at radius 2 is 2.27 bits per heavy atom. The predicted molar refractivity (Wildman–Crippen MR) is 60.6 cm³/mol. The highest BCUT2D eigenvalue weighted by molar-refractivity contribution is 5.82. The number of carbonyl (C=O) groups is 1. The van der Waals surface area contributed by atoms with Crippen LogP contribution in [0.25, 0.3) is 0 Å². The summed E-state index contributed by atoms with van der Waals surface area (Å²) in [6, 6.07) is 0.670. The van der Waals surface area contributed by atoms with E-state index in [1.54, 1.807) is 0 Å². The lowest BCUT2D eigenvalue weighted by Crippen LogP contribution is -2.51. The Morgan fingerprint density at radius 1 is 1.40 bits per heavy atom. The van der Waals surface area contributed by atoms with Crippen LogP contribution in [-0.4, -0.2) is 24.5 Å². The minimum Gasteiger partial charge on any atom is -0.355 e. The molecule has 1 aliphatic carbocycles. The van der Waals surface area contributed by atoms with E-state index in [4.69, 9.17) is 0 Å². The number of amides is 1. The molecule has 0 aromatic carbocycles. The number of rotatable bonds is 3. The summed E-state index contributed by atoms with van der Waals surface area (Å²) in [7, 11) is 0. The van der Waals surface area contributed by atoms with Crippen molar-refractivity contribution in [3.8, 4) is 0 Å². The molecule has 0 bridgehead atoms. The first-order valence-corrected chi connectivity index (χ1v) is 6.33. The van der Waals surface area contributed by atoms with E-state index in [-0.39, 0.29) is 11.9 Å². The lowest BCUT2D eigenvalue weighted by molar-refractivity contribution is -0.124. The van der Waals surface area contributed by atoms with Crippen LogP contribution in [-0.2, 0) is 4.79 Å². The molecule has 2 fully saturated rings. The zero-order valence-electron chi connectivity index (χ0n) is 9.59. The third kappa shape index (κ3) is 2.71. The summed E-state index contributed by atoms with van der Waals surface area (Å²) in [4.78, 5) is 11.6. The van der Waals surface area contributed by atoms with Crippen LogP contribution >= 0.6 is 0 Å². The van der Waals surface area contributed by atoms with Crippen molar-refractivity contribution in [2.24, 2.45) is 5.92 Å². The van der Waals surface area contributed by atoms with Crippen molar-refractivity contribution in [3.05, 3.63) is 0 Å². The highest BCUT2D eigenvalue weighted by atomic mass is 16.2. The largest absolute Gasteiger partial charge is 0.355 e. The highest BCUT2D eigenvalue weighted by Crippen LogP contribution is 2.28. The molecule has 2 N–H and O–H groups in total. The molecule has 0 radical (unpaired) electrons. The van der Waals surface area contributed by atoms with Gasteiger partial charge in [-0.2, -0.15) is 0 Å². The first-order valence-electron chi connectivity index (χ1n) is 6.33. The Labute approximate surface area is 92.0 Å². The van der Waals surface area contributed by atoms with Crippen LogP contribution in [0.2, 0.25) is 0 Å². The van der Waals surface area contributed by atoms with Crippen molar-refractivity contribution in [1.29, 1.82) is 0 Å². The van der Waals surface area contributed by atoms with Crippen molar-refractivity contribution in [3.63, 3.8) is 0 Å². The summed E-state index contributed by atoms with van der Waals surface area (Å²) in [6.45, 7) is 3.12. The van der Waals surface area contributed by atoms with Gasteiger partial charge in [0.05, 0.1) is 6.04 Å². The lowest BCUT2D eigenvalue weighted by Gasteiger charge is -2.26. The van der Waals surface area contributed by atoms with E-state index in [9.17, 15) is 4.79 Å². The van der Waals surface area contributed by atoms with Crippen molar-refractivity contribution < 1.29 is 4.79 Å². The average Bonchev–Trinajstić information content (AvgIpc) is 2.69. The Balaban J connectivity index is 1.79. The Morgan fingerprint density at radius 3 is 2.93 bits per heavy atom. The maximum atomic E-state index is 11.6. The van der Waals surface area contributed by atoms with Gasteiger partial charge in [0.2, 0.25) is 5.91 Å². The molecule has 0 spiro atoms. The number of hydrogen-bond acceptors (Lipinski definition) is 2. The molecule has 3 nitrogen and oxygen atoms in total. The molecule has 1 amide bonds. The predicted octanol–water partition coefficient (Wildman–Crippen LogP) is 1.43. The number of piperidine rings is 1. The number of hydrogen-bond donors (Lipinski definition) is 2. The second-order valence-electron chi connectivity index (χ2n) is 4.94. The zero-order chi connectivity index (χ0) is 10.7. The van der Waals surface area contributed by atoms with Gasteiger partial charge >= 0.3 is 0 Å². The third-order valence-electron chi connectivity index (χ3n) is 3.84. The minimum absolute atomic E-state index is 0.0827. The zero-order valence-corrected chi connectivity index (χ0v) is 9.59. The van der Waals surface area contributed by atoms with Crippen LogP contribution in [0.3, 0.4) is 0 Å². The van der Waals surface area contributed by atoms with E-state index in [1.165, 1.54) is 25.7 Å². The molecule has 3 unspecified atom stereocenters. The molecule has 2 aliphatic rings. The summed E-state index contributed by atoms with van der Waals surface area (Å²) in [6.07, 6.45) is 7.27. The second-order valence-corrected chi connectivity index (χ2v) is 4.94. The first-order chi connectivity index (χ1) is 7.29. The maximum Gasteiger partial charge on any atom is 0.237 e. The van der Waals surface area contributed by atoms with Gasteiger partial charge in [-0.25, -0.2) is 0 Å². The molecule has 15 heavy (non-hydrogen) atoms. The Bertz CT molecular complexity index is 230. The van der Waals surface area contributed by atoms with E-state index < -0.39 is 0 Å². The lowest BCUT2D eigenvalue weighted by atomic mass is 10.0. The SMILES string of the molecule is CCC1CCC(NC2CCCNC2=O)C1. The van der Waals surface area contributed by atoms with Crippen molar-refractivity contribution >= 4 is 5.91 Å².